The Hall–Kier alpha value is -1.22. The van der Waals surface area contributed by atoms with Crippen LogP contribution in [-0.2, 0) is 16.0 Å². The first-order valence-electron chi connectivity index (χ1n) is 8.03. The van der Waals surface area contributed by atoms with Crippen LogP contribution in [0.1, 0.15) is 28.3 Å². The molecular weight excluding hydrogens is 352 g/mol. The largest absolute Gasteiger partial charge is 0.368 e. The Morgan fingerprint density at radius 1 is 1.29 bits per heavy atom. The smallest absolute Gasteiger partial charge is 0.273 e. The summed E-state index contributed by atoms with van der Waals surface area (Å²) in [6.07, 6.45) is 2.17. The highest BCUT2D eigenvalue weighted by Crippen LogP contribution is 2.17. The second-order valence-corrected chi connectivity index (χ2v) is 6.73. The van der Waals surface area contributed by atoms with Crippen molar-refractivity contribution >= 4 is 35.6 Å². The molecule has 0 radical (unpaired) electrons. The predicted molar refractivity (Wildman–Crippen MR) is 93.6 cm³/mol. The minimum atomic E-state index is -0.283. The van der Waals surface area contributed by atoms with Gasteiger partial charge in [0, 0.05) is 44.6 Å². The molecule has 2 aliphatic rings. The van der Waals surface area contributed by atoms with Crippen LogP contribution in [0, 0.1) is 0 Å². The number of piperazine rings is 1. The molecule has 2 N–H and O–H groups in total. The summed E-state index contributed by atoms with van der Waals surface area (Å²) in [4.78, 5) is 32.7. The van der Waals surface area contributed by atoms with Crippen LogP contribution in [0.5, 0.6) is 0 Å². The maximum absolute atomic E-state index is 12.5. The summed E-state index contributed by atoms with van der Waals surface area (Å²) in [5, 5.41) is 2.68. The van der Waals surface area contributed by atoms with Crippen molar-refractivity contribution in [2.24, 2.45) is 5.73 Å². The Bertz CT molecular complexity index is 569. The van der Waals surface area contributed by atoms with E-state index >= 15 is 0 Å². The van der Waals surface area contributed by atoms with Gasteiger partial charge in [-0.25, -0.2) is 4.98 Å². The third kappa shape index (κ3) is 4.24. The highest BCUT2D eigenvalue weighted by molar-refractivity contribution is 7.09. The molecule has 0 aromatic carbocycles. The molecule has 2 aliphatic heterocycles. The fourth-order valence-electron chi connectivity index (χ4n) is 2.92. The number of halogens is 1. The van der Waals surface area contributed by atoms with Crippen molar-refractivity contribution in [2.75, 3.05) is 39.3 Å². The lowest BCUT2D eigenvalue weighted by Gasteiger charge is -2.35. The summed E-state index contributed by atoms with van der Waals surface area (Å²) >= 11 is 1.47. The van der Waals surface area contributed by atoms with Crippen LogP contribution >= 0.6 is 23.7 Å². The molecule has 1 aromatic heterocycles. The van der Waals surface area contributed by atoms with Gasteiger partial charge in [0.1, 0.15) is 11.8 Å². The molecule has 1 aromatic rings. The molecule has 2 amide bonds. The Balaban J connectivity index is 0.00000208. The van der Waals surface area contributed by atoms with Crippen LogP contribution in [0.15, 0.2) is 5.38 Å². The van der Waals surface area contributed by atoms with E-state index in [1.54, 1.807) is 15.2 Å². The highest BCUT2D eigenvalue weighted by atomic mass is 35.5. The number of hydrogen-bond acceptors (Lipinski definition) is 6. The van der Waals surface area contributed by atoms with Gasteiger partial charge in [-0.1, -0.05) is 0 Å². The standard InChI is InChI=1S/C15H22N4O3S.ClH/c16-4-3-13-17-11(10-23-13)14(20)18-5-7-19(8-6-18)15(21)12-2-1-9-22-12;/h10,12H,1-9,16H2;1H. The molecule has 7 nitrogen and oxygen atoms in total. The Morgan fingerprint density at radius 3 is 2.62 bits per heavy atom. The van der Waals surface area contributed by atoms with Crippen molar-refractivity contribution in [1.29, 1.82) is 0 Å². The number of hydrogen-bond donors (Lipinski definition) is 1. The van der Waals surface area contributed by atoms with Crippen LogP contribution in [-0.4, -0.2) is 72.0 Å². The van der Waals surface area contributed by atoms with E-state index in [0.29, 0.717) is 51.4 Å². The number of rotatable bonds is 4. The normalized spacial score (nSPS) is 20.8. The molecule has 0 bridgehead atoms. The molecule has 1 atom stereocenters. The topological polar surface area (TPSA) is 88.8 Å². The van der Waals surface area contributed by atoms with Gasteiger partial charge in [-0.15, -0.1) is 23.7 Å². The number of thiazole rings is 1. The van der Waals surface area contributed by atoms with E-state index in [0.717, 1.165) is 17.8 Å². The number of nitrogens with zero attached hydrogens (tertiary/aromatic N) is 3. The third-order valence-corrected chi connectivity index (χ3v) is 5.12. The van der Waals surface area contributed by atoms with Crippen molar-refractivity contribution in [3.63, 3.8) is 0 Å². The van der Waals surface area contributed by atoms with E-state index in [9.17, 15) is 9.59 Å². The van der Waals surface area contributed by atoms with Gasteiger partial charge in [0.05, 0.1) is 5.01 Å². The molecule has 0 spiro atoms. The number of aromatic nitrogens is 1. The zero-order valence-corrected chi connectivity index (χ0v) is 15.1. The van der Waals surface area contributed by atoms with Gasteiger partial charge < -0.3 is 20.3 Å². The van der Waals surface area contributed by atoms with Gasteiger partial charge >= 0.3 is 0 Å². The van der Waals surface area contributed by atoms with Crippen molar-refractivity contribution in [2.45, 2.75) is 25.4 Å². The van der Waals surface area contributed by atoms with E-state index in [4.69, 9.17) is 10.5 Å². The summed E-state index contributed by atoms with van der Waals surface area (Å²) in [7, 11) is 0. The van der Waals surface area contributed by atoms with Crippen LogP contribution in [0.4, 0.5) is 0 Å². The van der Waals surface area contributed by atoms with Gasteiger partial charge in [0.15, 0.2) is 0 Å². The predicted octanol–water partition coefficient (Wildman–Crippen LogP) is 0.529. The van der Waals surface area contributed by atoms with E-state index in [1.165, 1.54) is 11.3 Å². The van der Waals surface area contributed by atoms with Crippen molar-refractivity contribution in [3.05, 3.63) is 16.1 Å². The number of carbonyl (C=O) groups excluding carboxylic acids is 2. The molecule has 9 heteroatoms. The third-order valence-electron chi connectivity index (χ3n) is 4.21. The molecule has 2 fully saturated rings. The maximum Gasteiger partial charge on any atom is 0.273 e. The van der Waals surface area contributed by atoms with Gasteiger partial charge in [-0.3, -0.25) is 9.59 Å². The first-order valence-corrected chi connectivity index (χ1v) is 8.91. The van der Waals surface area contributed by atoms with Crippen molar-refractivity contribution in [3.8, 4) is 0 Å². The minimum absolute atomic E-state index is 0. The van der Waals surface area contributed by atoms with Crippen LogP contribution < -0.4 is 5.73 Å². The molecule has 1 unspecified atom stereocenters. The quantitative estimate of drug-likeness (QED) is 0.830. The fourth-order valence-corrected chi connectivity index (χ4v) is 3.70. The first kappa shape index (κ1) is 19.1. The molecule has 3 heterocycles. The van der Waals surface area contributed by atoms with Gasteiger partial charge in [-0.2, -0.15) is 0 Å². The summed E-state index contributed by atoms with van der Waals surface area (Å²) in [5.41, 5.74) is 5.99. The second-order valence-electron chi connectivity index (χ2n) is 5.78. The van der Waals surface area contributed by atoms with E-state index in [1.807, 2.05) is 0 Å². The number of nitrogens with two attached hydrogens (primary N) is 1. The molecule has 3 rings (SSSR count). The summed E-state index contributed by atoms with van der Waals surface area (Å²) in [5.74, 6) is 0.00206. The zero-order valence-electron chi connectivity index (χ0n) is 13.5. The SMILES string of the molecule is Cl.NCCc1nc(C(=O)N2CCN(C(=O)C3CCCO3)CC2)cs1. The van der Waals surface area contributed by atoms with Crippen LogP contribution in [0.2, 0.25) is 0 Å². The molecule has 0 saturated carbocycles. The first-order chi connectivity index (χ1) is 11.2. The van der Waals surface area contributed by atoms with Gasteiger partial charge in [0.25, 0.3) is 11.8 Å². The van der Waals surface area contributed by atoms with Crippen LogP contribution in [0.25, 0.3) is 0 Å². The number of carbonyl (C=O) groups is 2. The number of amides is 2. The minimum Gasteiger partial charge on any atom is -0.368 e. The molecule has 2 saturated heterocycles. The average Bonchev–Trinajstić information content (AvgIpc) is 3.26. The second kappa shape index (κ2) is 8.75. The van der Waals surface area contributed by atoms with Gasteiger partial charge in [0.2, 0.25) is 0 Å². The monoisotopic (exact) mass is 374 g/mol. The fraction of sp³-hybridized carbons (Fsp3) is 0.667. The maximum atomic E-state index is 12.5. The zero-order chi connectivity index (χ0) is 16.2. The van der Waals surface area contributed by atoms with E-state index in [2.05, 4.69) is 4.98 Å². The lowest BCUT2D eigenvalue weighted by atomic mass is 10.2. The van der Waals surface area contributed by atoms with Crippen LogP contribution in [0.3, 0.4) is 0 Å². The van der Waals surface area contributed by atoms with E-state index < -0.39 is 0 Å². The summed E-state index contributed by atoms with van der Waals surface area (Å²) < 4.78 is 5.45. The average molecular weight is 375 g/mol. The summed E-state index contributed by atoms with van der Waals surface area (Å²) in [6.45, 7) is 3.41. The lowest BCUT2D eigenvalue weighted by molar-refractivity contribution is -0.142. The summed E-state index contributed by atoms with van der Waals surface area (Å²) in [6, 6.07) is 0. The van der Waals surface area contributed by atoms with Crippen molar-refractivity contribution < 1.29 is 14.3 Å². The van der Waals surface area contributed by atoms with Gasteiger partial charge in [-0.05, 0) is 19.4 Å². The molecule has 0 aliphatic carbocycles. The highest BCUT2D eigenvalue weighted by Gasteiger charge is 2.31. The Labute approximate surface area is 151 Å². The molecular formula is C15H23ClN4O3S. The van der Waals surface area contributed by atoms with Crippen molar-refractivity contribution in [1.82, 2.24) is 14.8 Å². The molecule has 24 heavy (non-hydrogen) atoms. The number of ether oxygens (including phenoxy) is 1. The Kier molecular flexibility index (Phi) is 6.97. The van der Waals surface area contributed by atoms with E-state index in [-0.39, 0.29) is 30.3 Å². The lowest BCUT2D eigenvalue weighted by Crippen LogP contribution is -2.52. The molecule has 134 valence electrons. The Morgan fingerprint density at radius 2 is 2.00 bits per heavy atom.